The van der Waals surface area contributed by atoms with Crippen LogP contribution in [0.5, 0.6) is 0 Å². The fourth-order valence-corrected chi connectivity index (χ4v) is 5.09. The van der Waals surface area contributed by atoms with Crippen molar-refractivity contribution in [3.05, 3.63) is 102 Å². The molecular weight excluding hydrogens is 404 g/mol. The third-order valence-electron chi connectivity index (χ3n) is 5.52. The summed E-state index contributed by atoms with van der Waals surface area (Å²) in [7, 11) is 0. The minimum atomic E-state index is -0.515. The molecule has 1 aliphatic rings. The van der Waals surface area contributed by atoms with Gasteiger partial charge >= 0.3 is 0 Å². The van der Waals surface area contributed by atoms with Gasteiger partial charge in [0.25, 0.3) is 0 Å². The number of nitrogens with zero attached hydrogens (tertiary/aromatic N) is 2. The molecule has 158 valence electrons. The second-order valence-corrected chi connectivity index (χ2v) is 8.84. The SMILES string of the molecule is CC(C(=O)N(Cc1ccccc1)c1ccccc1)N1C(=O)CC1SCc1ccccc1. The number of para-hydroxylation sites is 1. The molecule has 4 rings (SSSR count). The molecule has 1 saturated heterocycles. The second kappa shape index (κ2) is 9.84. The summed E-state index contributed by atoms with van der Waals surface area (Å²) in [5.41, 5.74) is 3.11. The Kier molecular flexibility index (Phi) is 6.73. The lowest BCUT2D eigenvalue weighted by Crippen LogP contribution is -2.59. The van der Waals surface area contributed by atoms with Crippen LogP contribution in [0, 0.1) is 0 Å². The summed E-state index contributed by atoms with van der Waals surface area (Å²) >= 11 is 1.72. The molecule has 0 bridgehead atoms. The first-order valence-corrected chi connectivity index (χ1v) is 11.6. The zero-order chi connectivity index (χ0) is 21.6. The molecular formula is C26H26N2O2S. The van der Waals surface area contributed by atoms with Crippen molar-refractivity contribution < 1.29 is 9.59 Å². The topological polar surface area (TPSA) is 40.6 Å². The smallest absolute Gasteiger partial charge is 0.249 e. The molecule has 0 N–H and O–H groups in total. The minimum Gasteiger partial charge on any atom is -0.318 e. The Morgan fingerprint density at radius 3 is 2.06 bits per heavy atom. The third kappa shape index (κ3) is 5.00. The number of benzene rings is 3. The van der Waals surface area contributed by atoms with E-state index in [1.807, 2.05) is 85.8 Å². The zero-order valence-corrected chi connectivity index (χ0v) is 18.4. The van der Waals surface area contributed by atoms with E-state index in [2.05, 4.69) is 12.1 Å². The van der Waals surface area contributed by atoms with Crippen molar-refractivity contribution in [3.8, 4) is 0 Å². The fourth-order valence-electron chi connectivity index (χ4n) is 3.79. The number of likely N-dealkylation sites (tertiary alicyclic amines) is 1. The van der Waals surface area contributed by atoms with Gasteiger partial charge in [0.15, 0.2) is 0 Å². The molecule has 4 nitrogen and oxygen atoms in total. The minimum absolute atomic E-state index is 0.0287. The van der Waals surface area contributed by atoms with Crippen LogP contribution in [0.25, 0.3) is 0 Å². The number of rotatable bonds is 8. The van der Waals surface area contributed by atoms with Gasteiger partial charge in [-0.25, -0.2) is 0 Å². The molecule has 0 saturated carbocycles. The first kappa shape index (κ1) is 21.2. The molecule has 0 aromatic heterocycles. The number of amides is 2. The van der Waals surface area contributed by atoms with Crippen molar-refractivity contribution in [2.75, 3.05) is 4.90 Å². The van der Waals surface area contributed by atoms with E-state index < -0.39 is 6.04 Å². The van der Waals surface area contributed by atoms with Crippen molar-refractivity contribution >= 4 is 29.3 Å². The van der Waals surface area contributed by atoms with Gasteiger partial charge in [0, 0.05) is 11.4 Å². The van der Waals surface area contributed by atoms with Crippen molar-refractivity contribution in [2.24, 2.45) is 0 Å². The molecule has 3 aromatic carbocycles. The first-order chi connectivity index (χ1) is 15.1. The standard InChI is InChI=1S/C26H26N2O2S/c1-20(28-24(29)17-25(28)31-19-22-13-7-3-8-14-22)26(30)27(23-15-9-4-10-16-23)18-21-11-5-2-6-12-21/h2-16,20,25H,17-19H2,1H3. The Bertz CT molecular complexity index is 1010. The Labute approximate surface area is 187 Å². The largest absolute Gasteiger partial charge is 0.318 e. The lowest BCUT2D eigenvalue weighted by molar-refractivity contribution is -0.149. The van der Waals surface area contributed by atoms with Gasteiger partial charge in [-0.3, -0.25) is 9.59 Å². The number of thioether (sulfide) groups is 1. The summed E-state index contributed by atoms with van der Waals surface area (Å²) < 4.78 is 0. The van der Waals surface area contributed by atoms with Gasteiger partial charge in [0.2, 0.25) is 11.8 Å². The van der Waals surface area contributed by atoms with E-state index in [-0.39, 0.29) is 17.2 Å². The number of hydrogen-bond acceptors (Lipinski definition) is 3. The second-order valence-electron chi connectivity index (χ2n) is 7.68. The van der Waals surface area contributed by atoms with E-state index in [0.29, 0.717) is 13.0 Å². The monoisotopic (exact) mass is 430 g/mol. The van der Waals surface area contributed by atoms with E-state index in [0.717, 1.165) is 17.0 Å². The highest BCUT2D eigenvalue weighted by atomic mass is 32.2. The van der Waals surface area contributed by atoms with Gasteiger partial charge in [0.1, 0.15) is 6.04 Å². The predicted molar refractivity (Wildman–Crippen MR) is 127 cm³/mol. The summed E-state index contributed by atoms with van der Waals surface area (Å²) in [6, 6.07) is 29.3. The zero-order valence-electron chi connectivity index (χ0n) is 17.6. The predicted octanol–water partition coefficient (Wildman–Crippen LogP) is 5.10. The quantitative estimate of drug-likeness (QED) is 0.467. The number of carbonyl (C=O) groups excluding carboxylic acids is 2. The van der Waals surface area contributed by atoms with E-state index in [1.54, 1.807) is 21.6 Å². The summed E-state index contributed by atoms with van der Waals surface area (Å²) in [4.78, 5) is 29.6. The van der Waals surface area contributed by atoms with Crippen LogP contribution in [-0.4, -0.2) is 28.1 Å². The average Bonchev–Trinajstić information content (AvgIpc) is 2.81. The van der Waals surface area contributed by atoms with E-state index in [9.17, 15) is 9.59 Å². The average molecular weight is 431 g/mol. The van der Waals surface area contributed by atoms with Gasteiger partial charge in [-0.15, -0.1) is 11.8 Å². The maximum absolute atomic E-state index is 13.6. The van der Waals surface area contributed by atoms with Crippen LogP contribution in [0.3, 0.4) is 0 Å². The Balaban J connectivity index is 1.49. The highest BCUT2D eigenvalue weighted by Gasteiger charge is 2.43. The van der Waals surface area contributed by atoms with E-state index in [4.69, 9.17) is 0 Å². The van der Waals surface area contributed by atoms with Crippen LogP contribution in [0.4, 0.5) is 5.69 Å². The molecule has 3 aromatic rings. The first-order valence-electron chi connectivity index (χ1n) is 10.5. The Hall–Kier alpha value is -3.05. The molecule has 2 amide bonds. The number of β-lactam (4-membered cyclic amide) rings is 1. The van der Waals surface area contributed by atoms with Crippen LogP contribution in [0.1, 0.15) is 24.5 Å². The van der Waals surface area contributed by atoms with Crippen LogP contribution in [0.2, 0.25) is 0 Å². The van der Waals surface area contributed by atoms with Crippen LogP contribution < -0.4 is 4.90 Å². The molecule has 1 aliphatic heterocycles. The van der Waals surface area contributed by atoms with Crippen LogP contribution in [-0.2, 0) is 21.9 Å². The maximum Gasteiger partial charge on any atom is 0.249 e. The van der Waals surface area contributed by atoms with Gasteiger partial charge in [-0.1, -0.05) is 78.9 Å². The number of anilines is 1. The van der Waals surface area contributed by atoms with Gasteiger partial charge in [-0.2, -0.15) is 0 Å². The number of carbonyl (C=O) groups is 2. The summed E-state index contributed by atoms with van der Waals surface area (Å²) in [5, 5.41) is 0.0287. The molecule has 0 aliphatic carbocycles. The normalized spacial score (nSPS) is 16.5. The van der Waals surface area contributed by atoms with Crippen molar-refractivity contribution in [2.45, 2.75) is 37.1 Å². The van der Waals surface area contributed by atoms with E-state index >= 15 is 0 Å². The molecule has 2 atom stereocenters. The number of hydrogen-bond donors (Lipinski definition) is 0. The Morgan fingerprint density at radius 2 is 1.48 bits per heavy atom. The summed E-state index contributed by atoms with van der Waals surface area (Å²) in [6.45, 7) is 2.31. The molecule has 0 spiro atoms. The lowest BCUT2D eigenvalue weighted by Gasteiger charge is -2.44. The van der Waals surface area contributed by atoms with Crippen molar-refractivity contribution in [3.63, 3.8) is 0 Å². The molecule has 1 heterocycles. The van der Waals surface area contributed by atoms with Crippen molar-refractivity contribution in [1.29, 1.82) is 0 Å². The molecule has 31 heavy (non-hydrogen) atoms. The van der Waals surface area contributed by atoms with Crippen LogP contribution >= 0.6 is 11.8 Å². The molecule has 0 radical (unpaired) electrons. The summed E-state index contributed by atoms with van der Waals surface area (Å²) in [5.74, 6) is 0.801. The lowest BCUT2D eigenvalue weighted by atomic mass is 10.1. The van der Waals surface area contributed by atoms with Crippen molar-refractivity contribution in [1.82, 2.24) is 4.90 Å². The van der Waals surface area contributed by atoms with Gasteiger partial charge < -0.3 is 9.80 Å². The van der Waals surface area contributed by atoms with Crippen LogP contribution in [0.15, 0.2) is 91.0 Å². The Morgan fingerprint density at radius 1 is 0.935 bits per heavy atom. The maximum atomic E-state index is 13.6. The third-order valence-corrected chi connectivity index (χ3v) is 6.80. The van der Waals surface area contributed by atoms with Gasteiger partial charge in [-0.05, 0) is 30.2 Å². The highest BCUT2D eigenvalue weighted by molar-refractivity contribution is 7.99. The highest BCUT2D eigenvalue weighted by Crippen LogP contribution is 2.34. The van der Waals surface area contributed by atoms with E-state index in [1.165, 1.54) is 5.56 Å². The van der Waals surface area contributed by atoms with Gasteiger partial charge in [0.05, 0.1) is 18.3 Å². The fraction of sp³-hybridized carbons (Fsp3) is 0.231. The molecule has 2 unspecified atom stereocenters. The molecule has 5 heteroatoms. The summed E-state index contributed by atoms with van der Waals surface area (Å²) in [6.07, 6.45) is 0.485. The molecule has 1 fully saturated rings.